The third kappa shape index (κ3) is 6.46. The minimum absolute atomic E-state index is 0.0804. The van der Waals surface area contributed by atoms with Gasteiger partial charge in [-0.05, 0) is 55.0 Å². The van der Waals surface area contributed by atoms with Crippen molar-refractivity contribution < 1.29 is 14.5 Å². The van der Waals surface area contributed by atoms with Gasteiger partial charge in [0.25, 0.3) is 5.91 Å². The van der Waals surface area contributed by atoms with Gasteiger partial charge in [0.1, 0.15) is 11.9 Å². The van der Waals surface area contributed by atoms with Crippen LogP contribution in [0.4, 0.5) is 17.3 Å². The second-order valence-electron chi connectivity index (χ2n) is 9.35. The lowest BCUT2D eigenvalue weighted by molar-refractivity contribution is -0.386. The number of carbonyl (C=O) groups is 2. The molecule has 1 aromatic heterocycles. The average molecular weight is 503 g/mol. The molecule has 0 unspecified atom stereocenters. The lowest BCUT2D eigenvalue weighted by Gasteiger charge is -2.17. The van der Waals surface area contributed by atoms with Crippen molar-refractivity contribution in [3.05, 3.63) is 87.7 Å². The van der Waals surface area contributed by atoms with Gasteiger partial charge >= 0.3 is 5.69 Å². The number of nitro groups is 1. The molecule has 1 heterocycles. The molecule has 10 nitrogen and oxygen atoms in total. The van der Waals surface area contributed by atoms with Gasteiger partial charge in [0.2, 0.25) is 11.9 Å². The van der Waals surface area contributed by atoms with Crippen LogP contribution in [0.2, 0.25) is 0 Å². The largest absolute Gasteiger partial charge is 0.369 e. The van der Waals surface area contributed by atoms with Gasteiger partial charge in [-0.25, -0.2) is 9.97 Å². The predicted octanol–water partition coefficient (Wildman–Crippen LogP) is 3.89. The molecule has 4 rings (SSSR count). The SMILES string of the molecule is CN(CCc1ccccc1)C(=O)c1ccc(Nc2ncc([N+](=O)[O-])c(C[C@@H]3CCC[C@@H]3C(N)=O)n2)cc1. The Labute approximate surface area is 215 Å². The highest BCUT2D eigenvalue weighted by Gasteiger charge is 2.33. The number of aromatic nitrogens is 2. The number of amides is 2. The van der Waals surface area contributed by atoms with Gasteiger partial charge < -0.3 is 16.0 Å². The van der Waals surface area contributed by atoms with Crippen LogP contribution in [0.3, 0.4) is 0 Å². The molecule has 10 heteroatoms. The summed E-state index contributed by atoms with van der Waals surface area (Å²) >= 11 is 0. The first-order chi connectivity index (χ1) is 17.8. The van der Waals surface area contributed by atoms with Crippen molar-refractivity contribution in [2.75, 3.05) is 18.9 Å². The highest BCUT2D eigenvalue weighted by Crippen LogP contribution is 2.35. The molecule has 1 aliphatic rings. The van der Waals surface area contributed by atoms with E-state index in [0.717, 1.165) is 19.3 Å². The highest BCUT2D eigenvalue weighted by molar-refractivity contribution is 5.94. The molecule has 37 heavy (non-hydrogen) atoms. The zero-order valence-corrected chi connectivity index (χ0v) is 20.7. The van der Waals surface area contributed by atoms with Crippen molar-refractivity contribution in [3.63, 3.8) is 0 Å². The Kier molecular flexibility index (Phi) is 8.07. The summed E-state index contributed by atoms with van der Waals surface area (Å²) in [4.78, 5) is 45.8. The fourth-order valence-corrected chi connectivity index (χ4v) is 4.77. The molecule has 0 saturated heterocycles. The summed E-state index contributed by atoms with van der Waals surface area (Å²) in [7, 11) is 1.77. The molecule has 192 valence electrons. The van der Waals surface area contributed by atoms with E-state index in [1.54, 1.807) is 36.2 Å². The molecule has 0 bridgehead atoms. The number of likely N-dealkylation sites (N-methyl/N-ethyl adjacent to an activating group) is 1. The molecule has 1 fully saturated rings. The summed E-state index contributed by atoms with van der Waals surface area (Å²) < 4.78 is 0. The molecule has 2 amide bonds. The van der Waals surface area contributed by atoms with Crippen LogP contribution in [0.25, 0.3) is 0 Å². The lowest BCUT2D eigenvalue weighted by Crippen LogP contribution is -2.28. The summed E-state index contributed by atoms with van der Waals surface area (Å²) in [5.74, 6) is -0.645. The first-order valence-corrected chi connectivity index (χ1v) is 12.3. The maximum atomic E-state index is 12.8. The number of nitrogens with zero attached hydrogens (tertiary/aromatic N) is 4. The second-order valence-corrected chi connectivity index (χ2v) is 9.35. The Morgan fingerprint density at radius 1 is 1.14 bits per heavy atom. The Morgan fingerprint density at radius 3 is 2.54 bits per heavy atom. The van der Waals surface area contributed by atoms with Crippen molar-refractivity contribution in [2.24, 2.45) is 17.6 Å². The topological polar surface area (TPSA) is 144 Å². The van der Waals surface area contributed by atoms with Crippen LogP contribution in [0.15, 0.2) is 60.8 Å². The minimum Gasteiger partial charge on any atom is -0.369 e. The number of nitrogens with one attached hydrogen (secondary N) is 1. The average Bonchev–Trinajstić information content (AvgIpc) is 3.36. The Hall–Kier alpha value is -4.34. The van der Waals surface area contributed by atoms with E-state index in [4.69, 9.17) is 5.73 Å². The van der Waals surface area contributed by atoms with E-state index in [1.165, 1.54) is 11.8 Å². The number of hydrogen-bond acceptors (Lipinski definition) is 7. The van der Waals surface area contributed by atoms with Crippen LogP contribution in [-0.4, -0.2) is 45.2 Å². The highest BCUT2D eigenvalue weighted by atomic mass is 16.6. The van der Waals surface area contributed by atoms with Crippen molar-refractivity contribution >= 4 is 29.1 Å². The molecule has 2 atom stereocenters. The molecule has 3 aromatic rings. The van der Waals surface area contributed by atoms with Crippen LogP contribution in [0.1, 0.15) is 40.9 Å². The maximum absolute atomic E-state index is 12.8. The van der Waals surface area contributed by atoms with Crippen molar-refractivity contribution in [1.82, 2.24) is 14.9 Å². The molecule has 0 radical (unpaired) electrons. The fourth-order valence-electron chi connectivity index (χ4n) is 4.77. The van der Waals surface area contributed by atoms with E-state index < -0.39 is 4.92 Å². The number of carbonyl (C=O) groups excluding carboxylic acids is 2. The molecular weight excluding hydrogens is 472 g/mol. The molecule has 0 spiro atoms. The minimum atomic E-state index is -0.512. The first-order valence-electron chi connectivity index (χ1n) is 12.3. The first kappa shape index (κ1) is 25.7. The third-order valence-corrected chi connectivity index (χ3v) is 6.84. The summed E-state index contributed by atoms with van der Waals surface area (Å²) in [6.45, 7) is 0.597. The van der Waals surface area contributed by atoms with Crippen LogP contribution in [0, 0.1) is 22.0 Å². The van der Waals surface area contributed by atoms with Gasteiger partial charge in [0.15, 0.2) is 0 Å². The smallest absolute Gasteiger partial charge is 0.309 e. The fraction of sp³-hybridized carbons (Fsp3) is 0.333. The monoisotopic (exact) mass is 502 g/mol. The van der Waals surface area contributed by atoms with Gasteiger partial charge in [-0.3, -0.25) is 19.7 Å². The predicted molar refractivity (Wildman–Crippen MR) is 139 cm³/mol. The van der Waals surface area contributed by atoms with E-state index in [2.05, 4.69) is 15.3 Å². The van der Waals surface area contributed by atoms with E-state index >= 15 is 0 Å². The van der Waals surface area contributed by atoms with Crippen LogP contribution in [-0.2, 0) is 17.6 Å². The Bertz CT molecular complexity index is 1270. The van der Waals surface area contributed by atoms with E-state index in [0.29, 0.717) is 24.2 Å². The maximum Gasteiger partial charge on any atom is 0.309 e. The van der Waals surface area contributed by atoms with Crippen molar-refractivity contribution in [3.8, 4) is 0 Å². The summed E-state index contributed by atoms with van der Waals surface area (Å²) in [6.07, 6.45) is 4.55. The Balaban J connectivity index is 1.42. The van der Waals surface area contributed by atoms with Gasteiger partial charge in [0, 0.05) is 37.2 Å². The molecule has 0 aliphatic heterocycles. The summed E-state index contributed by atoms with van der Waals surface area (Å²) in [5, 5.41) is 14.6. The third-order valence-electron chi connectivity index (χ3n) is 6.84. The van der Waals surface area contributed by atoms with Crippen LogP contribution >= 0.6 is 0 Å². The number of hydrogen-bond donors (Lipinski definition) is 2. The molecular formula is C27H30N6O4. The second kappa shape index (κ2) is 11.6. The van der Waals surface area contributed by atoms with Crippen molar-refractivity contribution in [1.29, 1.82) is 0 Å². The number of benzene rings is 2. The normalized spacial score (nSPS) is 16.8. The van der Waals surface area contributed by atoms with E-state index in [9.17, 15) is 19.7 Å². The van der Waals surface area contributed by atoms with E-state index in [-0.39, 0.29) is 47.4 Å². The lowest BCUT2D eigenvalue weighted by atomic mass is 9.90. The van der Waals surface area contributed by atoms with Crippen molar-refractivity contribution in [2.45, 2.75) is 32.1 Å². The quantitative estimate of drug-likeness (QED) is 0.316. The van der Waals surface area contributed by atoms with Gasteiger partial charge in [0.05, 0.1) is 4.92 Å². The molecule has 1 aliphatic carbocycles. The molecule has 3 N–H and O–H groups in total. The van der Waals surface area contributed by atoms with Gasteiger partial charge in [-0.1, -0.05) is 36.8 Å². The van der Waals surface area contributed by atoms with Gasteiger partial charge in [-0.15, -0.1) is 0 Å². The van der Waals surface area contributed by atoms with E-state index in [1.807, 2.05) is 30.3 Å². The number of nitrogens with two attached hydrogens (primary N) is 1. The number of rotatable bonds is 10. The number of primary amides is 1. The standard InChI is InChI=1S/C27H30N6O4/c1-32(15-14-18-6-3-2-4-7-18)26(35)19-10-12-21(13-11-19)30-27-29-17-24(33(36)37)23(31-27)16-20-8-5-9-22(20)25(28)34/h2-4,6-7,10-13,17,20,22H,5,8-9,14-16H2,1H3,(H2,28,34)(H,29,30,31)/t20-,22-/m0/s1. The summed E-state index contributed by atoms with van der Waals surface area (Å²) in [6, 6.07) is 16.9. The number of anilines is 2. The van der Waals surface area contributed by atoms with Gasteiger partial charge in [-0.2, -0.15) is 0 Å². The zero-order valence-electron chi connectivity index (χ0n) is 20.7. The van der Waals surface area contributed by atoms with Crippen LogP contribution < -0.4 is 11.1 Å². The molecule has 1 saturated carbocycles. The Morgan fingerprint density at radius 2 is 1.86 bits per heavy atom. The zero-order chi connectivity index (χ0) is 26.4. The van der Waals surface area contributed by atoms with Crippen LogP contribution in [0.5, 0.6) is 0 Å². The summed E-state index contributed by atoms with van der Waals surface area (Å²) in [5.41, 5.74) is 7.97. The molecule has 2 aromatic carbocycles.